The second-order valence-electron chi connectivity index (χ2n) is 3.56. The SMILES string of the molecule is CN(C)C(=O)O/N=C(\c1ccccc1)C(F)(F)F. The van der Waals surface area contributed by atoms with E-state index >= 15 is 0 Å². The van der Waals surface area contributed by atoms with Crippen LogP contribution in [0.2, 0.25) is 0 Å². The number of benzene rings is 1. The summed E-state index contributed by atoms with van der Waals surface area (Å²) in [7, 11) is 2.68. The molecule has 18 heavy (non-hydrogen) atoms. The van der Waals surface area contributed by atoms with Crippen molar-refractivity contribution < 1.29 is 22.8 Å². The highest BCUT2D eigenvalue weighted by molar-refractivity contribution is 6.04. The van der Waals surface area contributed by atoms with E-state index in [1.807, 2.05) is 0 Å². The minimum atomic E-state index is -4.70. The molecular formula is C11H11F3N2O2. The van der Waals surface area contributed by atoms with Crippen molar-refractivity contribution in [1.82, 2.24) is 4.90 Å². The lowest BCUT2D eigenvalue weighted by molar-refractivity contribution is -0.0604. The molecule has 0 heterocycles. The van der Waals surface area contributed by atoms with Crippen LogP contribution in [-0.2, 0) is 4.84 Å². The minimum Gasteiger partial charge on any atom is -0.312 e. The van der Waals surface area contributed by atoms with E-state index in [2.05, 4.69) is 9.99 Å². The molecule has 0 saturated carbocycles. The van der Waals surface area contributed by atoms with Gasteiger partial charge in [-0.15, -0.1) is 0 Å². The monoisotopic (exact) mass is 260 g/mol. The molecule has 0 radical (unpaired) electrons. The van der Waals surface area contributed by atoms with Crippen LogP contribution in [0.3, 0.4) is 0 Å². The highest BCUT2D eigenvalue weighted by Crippen LogP contribution is 2.22. The zero-order chi connectivity index (χ0) is 13.8. The van der Waals surface area contributed by atoms with Crippen molar-refractivity contribution in [3.63, 3.8) is 0 Å². The number of nitrogens with zero attached hydrogens (tertiary/aromatic N) is 2. The van der Waals surface area contributed by atoms with E-state index in [0.717, 1.165) is 4.90 Å². The molecule has 1 amide bonds. The Balaban J connectivity index is 3.01. The van der Waals surface area contributed by atoms with Gasteiger partial charge in [0.2, 0.25) is 0 Å². The van der Waals surface area contributed by atoms with Crippen molar-refractivity contribution in [3.8, 4) is 0 Å². The molecule has 0 fully saturated rings. The highest BCUT2D eigenvalue weighted by Gasteiger charge is 2.38. The van der Waals surface area contributed by atoms with Crippen LogP contribution in [0.25, 0.3) is 0 Å². The number of oxime groups is 1. The van der Waals surface area contributed by atoms with Gasteiger partial charge in [-0.25, -0.2) is 4.79 Å². The molecule has 7 heteroatoms. The largest absolute Gasteiger partial charge is 0.437 e. The van der Waals surface area contributed by atoms with Gasteiger partial charge in [-0.1, -0.05) is 35.5 Å². The molecule has 0 N–H and O–H groups in total. The summed E-state index contributed by atoms with van der Waals surface area (Å²) in [6.07, 6.45) is -5.68. The molecule has 0 aromatic heterocycles. The molecule has 0 spiro atoms. The summed E-state index contributed by atoms with van der Waals surface area (Å²) in [5, 5.41) is 2.89. The number of carbonyl (C=O) groups is 1. The van der Waals surface area contributed by atoms with E-state index < -0.39 is 18.0 Å². The minimum absolute atomic E-state index is 0.170. The van der Waals surface area contributed by atoms with Gasteiger partial charge >= 0.3 is 12.3 Å². The molecule has 1 aromatic rings. The summed E-state index contributed by atoms with van der Waals surface area (Å²) in [4.78, 5) is 16.2. The third kappa shape index (κ3) is 3.76. The number of rotatable bonds is 2. The van der Waals surface area contributed by atoms with E-state index in [9.17, 15) is 18.0 Å². The summed E-state index contributed by atoms with van der Waals surface area (Å²) < 4.78 is 38.2. The second kappa shape index (κ2) is 5.52. The average Bonchev–Trinajstić information content (AvgIpc) is 2.28. The van der Waals surface area contributed by atoms with Crippen molar-refractivity contribution >= 4 is 11.8 Å². The van der Waals surface area contributed by atoms with Crippen LogP contribution < -0.4 is 0 Å². The summed E-state index contributed by atoms with van der Waals surface area (Å²) >= 11 is 0. The first-order valence-corrected chi connectivity index (χ1v) is 4.91. The highest BCUT2D eigenvalue weighted by atomic mass is 19.4. The van der Waals surface area contributed by atoms with Crippen LogP contribution >= 0.6 is 0 Å². The first kappa shape index (κ1) is 14.0. The summed E-state index contributed by atoms with van der Waals surface area (Å²) in [6.45, 7) is 0. The maximum Gasteiger partial charge on any atom is 0.437 e. The first-order valence-electron chi connectivity index (χ1n) is 4.91. The lowest BCUT2D eigenvalue weighted by Crippen LogP contribution is -2.27. The van der Waals surface area contributed by atoms with Crippen LogP contribution in [-0.4, -0.2) is 37.0 Å². The molecule has 0 bridgehead atoms. The standard InChI is InChI=1S/C11H11F3N2O2/c1-16(2)10(17)18-15-9(11(12,13)14)8-6-4-3-5-7-8/h3-7H,1-2H3/b15-9+. The Hall–Kier alpha value is -2.05. The predicted molar refractivity (Wildman–Crippen MR) is 59.2 cm³/mol. The Bertz CT molecular complexity index is 441. The van der Waals surface area contributed by atoms with Gasteiger partial charge in [-0.05, 0) is 0 Å². The molecule has 4 nitrogen and oxygen atoms in total. The van der Waals surface area contributed by atoms with Crippen molar-refractivity contribution in [3.05, 3.63) is 35.9 Å². The number of carbonyl (C=O) groups excluding carboxylic acids is 1. The van der Waals surface area contributed by atoms with Crippen molar-refractivity contribution in [1.29, 1.82) is 0 Å². The fourth-order valence-corrected chi connectivity index (χ4v) is 1.03. The van der Waals surface area contributed by atoms with Gasteiger partial charge in [0.05, 0.1) is 0 Å². The van der Waals surface area contributed by atoms with Crippen LogP contribution in [0, 0.1) is 0 Å². The third-order valence-electron chi connectivity index (χ3n) is 1.90. The predicted octanol–water partition coefficient (Wildman–Crippen LogP) is 2.65. The molecule has 0 aliphatic heterocycles. The molecule has 1 rings (SSSR count). The molecule has 1 aromatic carbocycles. The quantitative estimate of drug-likeness (QED) is 0.466. The van der Waals surface area contributed by atoms with Gasteiger partial charge < -0.3 is 4.90 Å². The number of halogens is 3. The van der Waals surface area contributed by atoms with Gasteiger partial charge in [0, 0.05) is 19.7 Å². The van der Waals surface area contributed by atoms with Crippen LogP contribution in [0.15, 0.2) is 35.5 Å². The Morgan fingerprint density at radius 3 is 2.22 bits per heavy atom. The third-order valence-corrected chi connectivity index (χ3v) is 1.90. The van der Waals surface area contributed by atoms with Gasteiger partial charge in [0.1, 0.15) is 0 Å². The van der Waals surface area contributed by atoms with E-state index in [1.165, 1.54) is 38.4 Å². The van der Waals surface area contributed by atoms with Crippen LogP contribution in [0.4, 0.5) is 18.0 Å². The topological polar surface area (TPSA) is 41.9 Å². The normalized spacial score (nSPS) is 12.2. The van der Waals surface area contributed by atoms with Crippen molar-refractivity contribution in [2.24, 2.45) is 5.16 Å². The summed E-state index contributed by atoms with van der Waals surface area (Å²) in [6, 6.07) is 6.91. The average molecular weight is 260 g/mol. The Kier molecular flexibility index (Phi) is 4.30. The second-order valence-corrected chi connectivity index (χ2v) is 3.56. The van der Waals surface area contributed by atoms with E-state index in [4.69, 9.17) is 0 Å². The smallest absolute Gasteiger partial charge is 0.312 e. The molecule has 0 aliphatic carbocycles. The fraction of sp³-hybridized carbons (Fsp3) is 0.273. The van der Waals surface area contributed by atoms with Gasteiger partial charge in [0.25, 0.3) is 0 Å². The van der Waals surface area contributed by atoms with E-state index in [0.29, 0.717) is 0 Å². The Morgan fingerprint density at radius 1 is 1.22 bits per heavy atom. The first-order chi connectivity index (χ1) is 8.32. The van der Waals surface area contributed by atoms with Crippen LogP contribution in [0.5, 0.6) is 0 Å². The van der Waals surface area contributed by atoms with Crippen molar-refractivity contribution in [2.75, 3.05) is 14.1 Å². The molecule has 0 atom stereocenters. The number of hydrogen-bond acceptors (Lipinski definition) is 3. The zero-order valence-corrected chi connectivity index (χ0v) is 9.73. The van der Waals surface area contributed by atoms with Gasteiger partial charge in [0.15, 0.2) is 5.71 Å². The van der Waals surface area contributed by atoms with Crippen molar-refractivity contribution in [2.45, 2.75) is 6.18 Å². The fourth-order valence-electron chi connectivity index (χ4n) is 1.03. The van der Waals surface area contributed by atoms with Gasteiger partial charge in [-0.3, -0.25) is 4.84 Å². The number of amides is 1. The Morgan fingerprint density at radius 2 is 1.78 bits per heavy atom. The molecule has 0 saturated heterocycles. The van der Waals surface area contributed by atoms with Crippen LogP contribution in [0.1, 0.15) is 5.56 Å². The lowest BCUT2D eigenvalue weighted by atomic mass is 10.1. The maximum absolute atomic E-state index is 12.7. The summed E-state index contributed by atoms with van der Waals surface area (Å²) in [5.41, 5.74) is -1.42. The number of hydrogen-bond donors (Lipinski definition) is 0. The zero-order valence-electron chi connectivity index (χ0n) is 9.73. The lowest BCUT2D eigenvalue weighted by Gasteiger charge is -2.11. The molecule has 0 unspecified atom stereocenters. The molecule has 98 valence electrons. The summed E-state index contributed by atoms with van der Waals surface area (Å²) in [5.74, 6) is 0. The van der Waals surface area contributed by atoms with Gasteiger partial charge in [-0.2, -0.15) is 13.2 Å². The maximum atomic E-state index is 12.7. The van der Waals surface area contributed by atoms with E-state index in [-0.39, 0.29) is 5.56 Å². The number of alkyl halides is 3. The molecule has 0 aliphatic rings. The molecular weight excluding hydrogens is 249 g/mol. The van der Waals surface area contributed by atoms with E-state index in [1.54, 1.807) is 6.07 Å². The Labute approximate surface area is 102 Å².